The third kappa shape index (κ3) is 2.62. The van der Waals surface area contributed by atoms with Gasteiger partial charge in [-0.2, -0.15) is 0 Å². The zero-order valence-corrected chi connectivity index (χ0v) is 10.5. The first-order valence-corrected chi connectivity index (χ1v) is 6.46. The van der Waals surface area contributed by atoms with E-state index in [2.05, 4.69) is 16.3 Å². The normalized spacial score (nSPS) is 17.4. The van der Waals surface area contributed by atoms with Gasteiger partial charge >= 0.3 is 5.97 Å². The fourth-order valence-corrected chi connectivity index (χ4v) is 2.59. The minimum atomic E-state index is -0.139. The maximum atomic E-state index is 11.6. The van der Waals surface area contributed by atoms with Gasteiger partial charge in [0.2, 0.25) is 0 Å². The van der Waals surface area contributed by atoms with Gasteiger partial charge in [-0.05, 0) is 31.2 Å². The van der Waals surface area contributed by atoms with E-state index < -0.39 is 0 Å². The molecular weight excluding hydrogens is 222 g/mol. The summed E-state index contributed by atoms with van der Waals surface area (Å²) in [6, 6.07) is 4.59. The molecule has 4 heteroatoms. The number of esters is 1. The highest BCUT2D eigenvalue weighted by molar-refractivity contribution is 7.09. The molecule has 1 aliphatic carbocycles. The summed E-state index contributed by atoms with van der Waals surface area (Å²) in [6.45, 7) is 2.79. The quantitative estimate of drug-likeness (QED) is 0.738. The van der Waals surface area contributed by atoms with E-state index in [0.29, 0.717) is 6.04 Å². The molecule has 1 aliphatic rings. The standard InChI is InChI=1S/C12H17NO2S/c1-9(12(14)15-2)13(10-5-6-10)8-11-4-3-7-16-11/h3-4,7,9-10H,5-6,8H2,1-2H3. The van der Waals surface area contributed by atoms with Crippen molar-refractivity contribution < 1.29 is 9.53 Å². The SMILES string of the molecule is COC(=O)C(C)N(Cc1cccs1)C1CC1. The van der Waals surface area contributed by atoms with Gasteiger partial charge in [0.25, 0.3) is 0 Å². The maximum Gasteiger partial charge on any atom is 0.322 e. The van der Waals surface area contributed by atoms with Gasteiger partial charge in [0, 0.05) is 17.5 Å². The van der Waals surface area contributed by atoms with Gasteiger partial charge in [-0.15, -0.1) is 11.3 Å². The van der Waals surface area contributed by atoms with Crippen LogP contribution in [0.5, 0.6) is 0 Å². The predicted octanol–water partition coefficient (Wildman–Crippen LogP) is 2.27. The Kier molecular flexibility index (Phi) is 3.61. The third-order valence-electron chi connectivity index (χ3n) is 2.97. The molecule has 0 amide bonds. The van der Waals surface area contributed by atoms with Crippen molar-refractivity contribution in [1.82, 2.24) is 4.90 Å². The van der Waals surface area contributed by atoms with Crippen LogP contribution >= 0.6 is 11.3 Å². The monoisotopic (exact) mass is 239 g/mol. The van der Waals surface area contributed by atoms with Crippen molar-refractivity contribution in [3.8, 4) is 0 Å². The molecule has 0 radical (unpaired) electrons. The molecule has 3 nitrogen and oxygen atoms in total. The number of hydrogen-bond donors (Lipinski definition) is 0. The van der Waals surface area contributed by atoms with Crippen LogP contribution in [0.3, 0.4) is 0 Å². The average Bonchev–Trinajstić information content (AvgIpc) is 3.01. The molecule has 0 bridgehead atoms. The van der Waals surface area contributed by atoms with Crippen LogP contribution in [0.4, 0.5) is 0 Å². The van der Waals surface area contributed by atoms with Gasteiger partial charge in [0.15, 0.2) is 0 Å². The van der Waals surface area contributed by atoms with Crippen LogP contribution in [0, 0.1) is 0 Å². The zero-order chi connectivity index (χ0) is 11.5. The minimum absolute atomic E-state index is 0.136. The largest absolute Gasteiger partial charge is 0.468 e. The van der Waals surface area contributed by atoms with E-state index in [1.54, 1.807) is 11.3 Å². The van der Waals surface area contributed by atoms with E-state index in [1.807, 2.05) is 13.0 Å². The zero-order valence-electron chi connectivity index (χ0n) is 9.68. The minimum Gasteiger partial charge on any atom is -0.468 e. The Morgan fingerprint density at radius 1 is 1.69 bits per heavy atom. The van der Waals surface area contributed by atoms with Crippen molar-refractivity contribution >= 4 is 17.3 Å². The fraction of sp³-hybridized carbons (Fsp3) is 0.583. The first-order chi connectivity index (χ1) is 7.72. The summed E-state index contributed by atoms with van der Waals surface area (Å²) in [5, 5.41) is 2.07. The molecule has 2 rings (SSSR count). The number of nitrogens with zero attached hydrogens (tertiary/aromatic N) is 1. The van der Waals surface area contributed by atoms with Gasteiger partial charge in [-0.3, -0.25) is 9.69 Å². The summed E-state index contributed by atoms with van der Waals surface area (Å²) in [6.07, 6.45) is 2.40. The van der Waals surface area contributed by atoms with E-state index in [1.165, 1.54) is 24.8 Å². The molecule has 1 aromatic heterocycles. The maximum absolute atomic E-state index is 11.6. The Morgan fingerprint density at radius 2 is 2.44 bits per heavy atom. The molecule has 0 spiro atoms. The third-order valence-corrected chi connectivity index (χ3v) is 3.84. The summed E-state index contributed by atoms with van der Waals surface area (Å²) in [7, 11) is 1.45. The highest BCUT2D eigenvalue weighted by Crippen LogP contribution is 2.31. The second-order valence-corrected chi connectivity index (χ2v) is 5.21. The summed E-state index contributed by atoms with van der Waals surface area (Å²) < 4.78 is 4.81. The molecule has 0 aliphatic heterocycles. The summed E-state index contributed by atoms with van der Waals surface area (Å²) in [4.78, 5) is 15.1. The Bertz CT molecular complexity index is 346. The number of methoxy groups -OCH3 is 1. The lowest BCUT2D eigenvalue weighted by Crippen LogP contribution is -2.40. The van der Waals surface area contributed by atoms with Crippen molar-refractivity contribution in [3.05, 3.63) is 22.4 Å². The second kappa shape index (κ2) is 4.97. The van der Waals surface area contributed by atoms with Gasteiger partial charge in [0.05, 0.1) is 7.11 Å². The Balaban J connectivity index is 2.02. The second-order valence-electron chi connectivity index (χ2n) is 4.18. The molecule has 1 fully saturated rings. The lowest BCUT2D eigenvalue weighted by Gasteiger charge is -2.26. The fourth-order valence-electron chi connectivity index (χ4n) is 1.88. The van der Waals surface area contributed by atoms with E-state index >= 15 is 0 Å². The van der Waals surface area contributed by atoms with Crippen molar-refractivity contribution in [2.75, 3.05) is 7.11 Å². The molecule has 88 valence electrons. The van der Waals surface area contributed by atoms with E-state index in [4.69, 9.17) is 4.74 Å². The Labute approximate surface area is 100 Å². The molecular formula is C12H17NO2S. The highest BCUT2D eigenvalue weighted by atomic mass is 32.1. The topological polar surface area (TPSA) is 29.5 Å². The number of carbonyl (C=O) groups is 1. The van der Waals surface area contributed by atoms with Gasteiger partial charge in [-0.25, -0.2) is 0 Å². The van der Waals surface area contributed by atoms with Crippen LogP contribution in [0.1, 0.15) is 24.6 Å². The van der Waals surface area contributed by atoms with Crippen molar-refractivity contribution in [2.45, 2.75) is 38.4 Å². The van der Waals surface area contributed by atoms with Gasteiger partial charge in [0.1, 0.15) is 6.04 Å². The van der Waals surface area contributed by atoms with E-state index in [-0.39, 0.29) is 12.0 Å². The average molecular weight is 239 g/mol. The lowest BCUT2D eigenvalue weighted by atomic mass is 10.2. The van der Waals surface area contributed by atoms with Crippen LogP contribution in [-0.2, 0) is 16.1 Å². The summed E-state index contributed by atoms with van der Waals surface area (Å²) in [5.74, 6) is -0.136. The van der Waals surface area contributed by atoms with Crippen molar-refractivity contribution in [1.29, 1.82) is 0 Å². The van der Waals surface area contributed by atoms with Gasteiger partial charge < -0.3 is 4.74 Å². The molecule has 0 aromatic carbocycles. The molecule has 1 saturated carbocycles. The number of ether oxygens (including phenoxy) is 1. The molecule has 1 unspecified atom stereocenters. The molecule has 1 aromatic rings. The molecule has 0 N–H and O–H groups in total. The Hall–Kier alpha value is -0.870. The van der Waals surface area contributed by atoms with Crippen LogP contribution in [0.15, 0.2) is 17.5 Å². The predicted molar refractivity (Wildman–Crippen MR) is 64.4 cm³/mol. The number of thiophene rings is 1. The van der Waals surface area contributed by atoms with Crippen LogP contribution < -0.4 is 0 Å². The van der Waals surface area contributed by atoms with Gasteiger partial charge in [-0.1, -0.05) is 6.07 Å². The van der Waals surface area contributed by atoms with Crippen LogP contribution in [-0.4, -0.2) is 30.1 Å². The molecule has 0 saturated heterocycles. The lowest BCUT2D eigenvalue weighted by molar-refractivity contribution is -0.146. The molecule has 16 heavy (non-hydrogen) atoms. The number of carbonyl (C=O) groups excluding carboxylic acids is 1. The summed E-state index contributed by atoms with van der Waals surface area (Å²) in [5.41, 5.74) is 0. The molecule has 1 atom stereocenters. The van der Waals surface area contributed by atoms with E-state index in [0.717, 1.165) is 6.54 Å². The first-order valence-electron chi connectivity index (χ1n) is 5.58. The van der Waals surface area contributed by atoms with Crippen molar-refractivity contribution in [3.63, 3.8) is 0 Å². The van der Waals surface area contributed by atoms with Crippen molar-refractivity contribution in [2.24, 2.45) is 0 Å². The number of rotatable bonds is 5. The van der Waals surface area contributed by atoms with Crippen LogP contribution in [0.25, 0.3) is 0 Å². The van der Waals surface area contributed by atoms with Crippen LogP contribution in [0.2, 0.25) is 0 Å². The smallest absolute Gasteiger partial charge is 0.322 e. The highest BCUT2D eigenvalue weighted by Gasteiger charge is 2.35. The molecule has 1 heterocycles. The first kappa shape index (κ1) is 11.6. The van der Waals surface area contributed by atoms with E-state index in [9.17, 15) is 4.79 Å². The Morgan fingerprint density at radius 3 is 2.94 bits per heavy atom. The summed E-state index contributed by atoms with van der Waals surface area (Å²) >= 11 is 1.74. The number of hydrogen-bond acceptors (Lipinski definition) is 4.